The second-order valence-electron chi connectivity index (χ2n) is 7.43. The maximum atomic E-state index is 11.9. The van der Waals surface area contributed by atoms with Crippen LogP contribution in [0.4, 0.5) is 29.2 Å². The second-order valence-corrected chi connectivity index (χ2v) is 8.41. The first kappa shape index (κ1) is 26.7. The highest BCUT2D eigenvalue weighted by molar-refractivity contribution is 7.98. The lowest BCUT2D eigenvalue weighted by atomic mass is 10.2. The van der Waals surface area contributed by atoms with Crippen LogP contribution in [0.2, 0.25) is 0 Å². The van der Waals surface area contributed by atoms with E-state index in [1.807, 2.05) is 0 Å². The number of hydrogen-bond donors (Lipinski definition) is 3. The lowest BCUT2D eigenvalue weighted by molar-refractivity contribution is 0.0517. The van der Waals surface area contributed by atoms with Crippen molar-refractivity contribution in [3.63, 3.8) is 0 Å². The Morgan fingerprint density at radius 3 is 1.61 bits per heavy atom. The number of benzene rings is 2. The molecule has 0 atom stereocenters. The Hall–Kier alpha value is -3.86. The summed E-state index contributed by atoms with van der Waals surface area (Å²) in [5, 5.41) is 9.53. The van der Waals surface area contributed by atoms with Crippen LogP contribution in [0.5, 0.6) is 0 Å². The molecule has 11 heteroatoms. The minimum Gasteiger partial charge on any atom is -0.462 e. The maximum Gasteiger partial charge on any atom is 0.338 e. The largest absolute Gasteiger partial charge is 0.462 e. The number of thioether (sulfide) groups is 1. The van der Waals surface area contributed by atoms with Crippen LogP contribution < -0.4 is 16.0 Å². The number of esters is 2. The van der Waals surface area contributed by atoms with Gasteiger partial charge < -0.3 is 25.4 Å². The number of carbonyl (C=O) groups excluding carboxylic acids is 2. The van der Waals surface area contributed by atoms with Crippen LogP contribution in [-0.4, -0.2) is 58.7 Å². The number of carbonyl (C=O) groups is 2. The van der Waals surface area contributed by atoms with Crippen molar-refractivity contribution in [2.75, 3.05) is 47.7 Å². The molecule has 0 fully saturated rings. The van der Waals surface area contributed by atoms with E-state index in [1.54, 1.807) is 74.1 Å². The molecule has 1 aromatic heterocycles. The van der Waals surface area contributed by atoms with Gasteiger partial charge in [-0.3, -0.25) is 0 Å². The lowest BCUT2D eigenvalue weighted by Gasteiger charge is -2.12. The second kappa shape index (κ2) is 13.9. The molecule has 3 aromatic rings. The minimum absolute atomic E-state index is 0.317. The summed E-state index contributed by atoms with van der Waals surface area (Å²) in [5.41, 5.74) is 2.32. The summed E-state index contributed by atoms with van der Waals surface area (Å²) < 4.78 is 10.1. The number of rotatable bonds is 13. The molecule has 0 amide bonds. The molecule has 0 aliphatic carbocycles. The lowest BCUT2D eigenvalue weighted by Crippen LogP contribution is -2.11. The monoisotopic (exact) mass is 510 g/mol. The summed E-state index contributed by atoms with van der Waals surface area (Å²) in [4.78, 5) is 37.2. The van der Waals surface area contributed by atoms with Crippen molar-refractivity contribution in [3.8, 4) is 0 Å². The average molecular weight is 511 g/mol. The Morgan fingerprint density at radius 1 is 0.750 bits per heavy atom. The Labute approximate surface area is 214 Å². The van der Waals surface area contributed by atoms with Crippen LogP contribution in [0.15, 0.2) is 48.5 Å². The van der Waals surface area contributed by atoms with E-state index in [2.05, 4.69) is 37.2 Å². The molecule has 0 saturated carbocycles. The summed E-state index contributed by atoms with van der Waals surface area (Å²) in [7, 11) is 0. The molecular formula is C25H30N6O4S. The molecule has 2 aromatic carbocycles. The van der Waals surface area contributed by atoms with Gasteiger partial charge in [-0.15, -0.1) is 0 Å². The average Bonchev–Trinajstić information content (AvgIpc) is 2.88. The standard InChI is InChI=1S/C25H30N6O4S/c1-4-34-21(32)17-7-11-19(12-8-17)27-24-29-23(26-15-6-16-36-3)30-25(31-24)28-20-13-9-18(10-14-20)22(33)35-5-2/h7-14H,4-6,15-16H2,1-3H3,(H3,26,27,28,29,30,31). The summed E-state index contributed by atoms with van der Waals surface area (Å²) >= 11 is 1.78. The Bertz CT molecular complexity index is 1060. The van der Waals surface area contributed by atoms with Crippen molar-refractivity contribution in [3.05, 3.63) is 59.7 Å². The molecule has 3 N–H and O–H groups in total. The van der Waals surface area contributed by atoms with E-state index in [0.717, 1.165) is 12.2 Å². The fourth-order valence-corrected chi connectivity index (χ4v) is 3.48. The number of anilines is 5. The predicted molar refractivity (Wildman–Crippen MR) is 143 cm³/mol. The smallest absolute Gasteiger partial charge is 0.338 e. The van der Waals surface area contributed by atoms with Crippen molar-refractivity contribution in [1.82, 2.24) is 15.0 Å². The van der Waals surface area contributed by atoms with Gasteiger partial charge in [-0.25, -0.2) is 9.59 Å². The molecular weight excluding hydrogens is 480 g/mol. The molecule has 0 saturated heterocycles. The first-order valence-electron chi connectivity index (χ1n) is 11.6. The van der Waals surface area contributed by atoms with Crippen LogP contribution >= 0.6 is 11.8 Å². The molecule has 0 unspecified atom stereocenters. The molecule has 3 rings (SSSR count). The van der Waals surface area contributed by atoms with E-state index in [9.17, 15) is 9.59 Å². The zero-order chi connectivity index (χ0) is 25.8. The Balaban J connectivity index is 1.77. The molecule has 0 aliphatic rings. The van der Waals surface area contributed by atoms with E-state index < -0.39 is 0 Å². The van der Waals surface area contributed by atoms with Gasteiger partial charge >= 0.3 is 11.9 Å². The van der Waals surface area contributed by atoms with Crippen LogP contribution in [0.3, 0.4) is 0 Å². The van der Waals surface area contributed by atoms with Crippen LogP contribution in [0.1, 0.15) is 41.0 Å². The molecule has 10 nitrogen and oxygen atoms in total. The molecule has 190 valence electrons. The van der Waals surface area contributed by atoms with Crippen molar-refractivity contribution in [2.45, 2.75) is 20.3 Å². The topological polar surface area (TPSA) is 127 Å². The van der Waals surface area contributed by atoms with Crippen molar-refractivity contribution in [1.29, 1.82) is 0 Å². The van der Waals surface area contributed by atoms with Gasteiger partial charge in [-0.05, 0) is 80.8 Å². The third kappa shape index (κ3) is 8.12. The minimum atomic E-state index is -0.374. The van der Waals surface area contributed by atoms with E-state index >= 15 is 0 Å². The fraction of sp³-hybridized carbons (Fsp3) is 0.320. The number of nitrogens with one attached hydrogen (secondary N) is 3. The van der Waals surface area contributed by atoms with Gasteiger partial charge in [0, 0.05) is 17.9 Å². The normalized spacial score (nSPS) is 10.4. The van der Waals surface area contributed by atoms with Gasteiger partial charge in [0.05, 0.1) is 24.3 Å². The molecule has 36 heavy (non-hydrogen) atoms. The first-order valence-corrected chi connectivity index (χ1v) is 13.0. The van der Waals surface area contributed by atoms with Gasteiger partial charge in [-0.1, -0.05) is 0 Å². The molecule has 0 spiro atoms. The molecule has 0 bridgehead atoms. The third-order valence-electron chi connectivity index (χ3n) is 4.75. The summed E-state index contributed by atoms with van der Waals surface area (Å²) in [6, 6.07) is 13.7. The summed E-state index contributed by atoms with van der Waals surface area (Å²) in [5.74, 6) is 1.34. The predicted octanol–water partition coefficient (Wildman–Crippen LogP) is 4.88. The van der Waals surface area contributed by atoms with Crippen LogP contribution in [0.25, 0.3) is 0 Å². The number of ether oxygens (including phenoxy) is 2. The van der Waals surface area contributed by atoms with Gasteiger partial charge in [0.15, 0.2) is 0 Å². The van der Waals surface area contributed by atoms with Crippen molar-refractivity contribution >= 4 is 52.9 Å². The first-order chi connectivity index (χ1) is 17.5. The summed E-state index contributed by atoms with van der Waals surface area (Å²) in [6.07, 6.45) is 3.02. The van der Waals surface area contributed by atoms with Gasteiger partial charge in [-0.2, -0.15) is 26.7 Å². The Morgan fingerprint density at radius 2 is 1.19 bits per heavy atom. The van der Waals surface area contributed by atoms with Gasteiger partial charge in [0.2, 0.25) is 17.8 Å². The zero-order valence-electron chi connectivity index (χ0n) is 20.5. The molecule has 1 heterocycles. The van der Waals surface area contributed by atoms with Crippen molar-refractivity contribution < 1.29 is 19.1 Å². The maximum absolute atomic E-state index is 11.9. The summed E-state index contributed by atoms with van der Waals surface area (Å²) in [6.45, 7) is 4.88. The fourth-order valence-electron chi connectivity index (χ4n) is 3.05. The highest BCUT2D eigenvalue weighted by Crippen LogP contribution is 2.20. The molecule has 0 radical (unpaired) electrons. The van der Waals surface area contributed by atoms with Crippen LogP contribution in [0, 0.1) is 0 Å². The SMILES string of the molecule is CCOC(=O)c1ccc(Nc2nc(NCCCSC)nc(Nc3ccc(C(=O)OCC)cc3)n2)cc1. The Kier molecular flexibility index (Phi) is 10.3. The zero-order valence-corrected chi connectivity index (χ0v) is 21.4. The van der Waals surface area contributed by atoms with E-state index in [1.165, 1.54) is 0 Å². The third-order valence-corrected chi connectivity index (χ3v) is 5.45. The van der Waals surface area contributed by atoms with E-state index in [4.69, 9.17) is 9.47 Å². The number of hydrogen-bond acceptors (Lipinski definition) is 11. The highest BCUT2D eigenvalue weighted by Gasteiger charge is 2.11. The van der Waals surface area contributed by atoms with Gasteiger partial charge in [0.1, 0.15) is 0 Å². The van der Waals surface area contributed by atoms with Crippen molar-refractivity contribution in [2.24, 2.45) is 0 Å². The number of nitrogens with zero attached hydrogens (tertiary/aromatic N) is 3. The van der Waals surface area contributed by atoms with Gasteiger partial charge in [0.25, 0.3) is 0 Å². The molecule has 0 aliphatic heterocycles. The van der Waals surface area contributed by atoms with Crippen LogP contribution in [-0.2, 0) is 9.47 Å². The van der Waals surface area contributed by atoms with E-state index in [0.29, 0.717) is 60.1 Å². The number of aromatic nitrogens is 3. The quantitative estimate of drug-likeness (QED) is 0.215. The van der Waals surface area contributed by atoms with E-state index in [-0.39, 0.29) is 11.9 Å². The highest BCUT2D eigenvalue weighted by atomic mass is 32.2.